The lowest BCUT2D eigenvalue weighted by Gasteiger charge is -2.27. The van der Waals surface area contributed by atoms with Gasteiger partial charge < -0.3 is 19.5 Å². The van der Waals surface area contributed by atoms with E-state index in [1.165, 1.54) is 18.2 Å². The number of aromatic amines is 1. The van der Waals surface area contributed by atoms with E-state index in [2.05, 4.69) is 10.2 Å². The lowest BCUT2D eigenvalue weighted by atomic mass is 9.95. The molecule has 2 heterocycles. The van der Waals surface area contributed by atoms with E-state index in [4.69, 9.17) is 21.1 Å². The summed E-state index contributed by atoms with van der Waals surface area (Å²) in [6.45, 7) is 0.571. The van der Waals surface area contributed by atoms with Gasteiger partial charge in [-0.25, -0.2) is 4.39 Å². The van der Waals surface area contributed by atoms with Crippen LogP contribution in [0, 0.1) is 5.82 Å². The van der Waals surface area contributed by atoms with Crippen molar-refractivity contribution in [2.24, 2.45) is 0 Å². The first-order valence-electron chi connectivity index (χ1n) is 12.9. The van der Waals surface area contributed by atoms with Crippen molar-refractivity contribution >= 4 is 17.5 Å². The molecule has 1 aromatic heterocycles. The first kappa shape index (κ1) is 26.4. The van der Waals surface area contributed by atoms with Gasteiger partial charge in [0.25, 0.3) is 5.91 Å². The second-order valence-corrected chi connectivity index (χ2v) is 10.1. The summed E-state index contributed by atoms with van der Waals surface area (Å²) in [5.41, 5.74) is 4.20. The fourth-order valence-corrected chi connectivity index (χ4v) is 5.28. The largest absolute Gasteiger partial charge is 0.507 e. The normalized spacial score (nSPS) is 14.3. The van der Waals surface area contributed by atoms with Gasteiger partial charge >= 0.3 is 0 Å². The number of carbonyl (C=O) groups is 1. The third kappa shape index (κ3) is 5.10. The van der Waals surface area contributed by atoms with E-state index in [1.807, 2.05) is 48.5 Å². The van der Waals surface area contributed by atoms with Crippen LogP contribution in [-0.4, -0.2) is 33.2 Å². The number of aromatic nitrogens is 2. The summed E-state index contributed by atoms with van der Waals surface area (Å²) in [6, 6.07) is 25.4. The molecule has 5 aromatic rings. The number of phenolic OH excluding ortho intramolecular Hbond substituents is 1. The molecule has 0 fully saturated rings. The topological polar surface area (TPSA) is 87.7 Å². The molecule has 41 heavy (non-hydrogen) atoms. The van der Waals surface area contributed by atoms with Gasteiger partial charge in [-0.2, -0.15) is 5.10 Å². The summed E-state index contributed by atoms with van der Waals surface area (Å²) >= 11 is 6.26. The van der Waals surface area contributed by atoms with Gasteiger partial charge in [-0.05, 0) is 59.2 Å². The summed E-state index contributed by atoms with van der Waals surface area (Å²) in [6.07, 6.45) is 0. The van der Waals surface area contributed by atoms with Crippen LogP contribution in [-0.2, 0) is 13.2 Å². The van der Waals surface area contributed by atoms with Crippen LogP contribution in [0.5, 0.6) is 17.2 Å². The Balaban J connectivity index is 1.43. The molecule has 9 heteroatoms. The lowest BCUT2D eigenvalue weighted by Crippen LogP contribution is -2.29. The number of nitrogens with zero attached hydrogens (tertiary/aromatic N) is 2. The fourth-order valence-electron chi connectivity index (χ4n) is 5.10. The van der Waals surface area contributed by atoms with Crippen LogP contribution in [0.25, 0.3) is 11.3 Å². The number of benzene rings is 4. The summed E-state index contributed by atoms with van der Waals surface area (Å²) in [5.74, 6) is 0.389. The van der Waals surface area contributed by atoms with Crippen molar-refractivity contribution in [3.63, 3.8) is 0 Å². The van der Waals surface area contributed by atoms with E-state index in [9.17, 15) is 14.3 Å². The van der Waals surface area contributed by atoms with E-state index < -0.39 is 6.04 Å². The summed E-state index contributed by atoms with van der Waals surface area (Å²) in [5, 5.41) is 18.4. The first-order valence-corrected chi connectivity index (χ1v) is 13.3. The molecule has 7 nitrogen and oxygen atoms in total. The number of halogens is 2. The maximum Gasteiger partial charge on any atom is 0.273 e. The Morgan fingerprint density at radius 2 is 1.76 bits per heavy atom. The van der Waals surface area contributed by atoms with Crippen molar-refractivity contribution in [1.29, 1.82) is 0 Å². The van der Waals surface area contributed by atoms with Gasteiger partial charge in [0.15, 0.2) is 11.5 Å². The third-order valence-electron chi connectivity index (χ3n) is 7.08. The van der Waals surface area contributed by atoms with E-state index in [0.717, 1.165) is 16.7 Å². The zero-order valence-electron chi connectivity index (χ0n) is 22.0. The van der Waals surface area contributed by atoms with E-state index in [0.29, 0.717) is 45.6 Å². The highest BCUT2D eigenvalue weighted by Crippen LogP contribution is 2.46. The van der Waals surface area contributed by atoms with Gasteiger partial charge in [-0.1, -0.05) is 60.1 Å². The Morgan fingerprint density at radius 1 is 0.976 bits per heavy atom. The maximum atomic E-state index is 13.8. The Morgan fingerprint density at radius 3 is 2.51 bits per heavy atom. The van der Waals surface area contributed by atoms with Gasteiger partial charge in [0.2, 0.25) is 0 Å². The molecule has 1 aliphatic heterocycles. The minimum Gasteiger partial charge on any atom is -0.507 e. The predicted molar refractivity (Wildman–Crippen MR) is 153 cm³/mol. The SMILES string of the molecule is COc1cc(C2c3c(-c4cc(Cl)ccc4O)n[nH]c3C(=O)N2Cc2ccc(F)cc2)ccc1OCc1ccccc1. The summed E-state index contributed by atoms with van der Waals surface area (Å²) in [4.78, 5) is 15.4. The second-order valence-electron chi connectivity index (χ2n) is 9.67. The smallest absolute Gasteiger partial charge is 0.273 e. The molecule has 6 rings (SSSR count). The number of phenols is 1. The molecule has 1 amide bonds. The molecule has 0 saturated carbocycles. The summed E-state index contributed by atoms with van der Waals surface area (Å²) < 4.78 is 25.4. The monoisotopic (exact) mass is 569 g/mol. The van der Waals surface area contributed by atoms with Gasteiger partial charge in [0.05, 0.1) is 13.2 Å². The number of fused-ring (bicyclic) bond motifs is 1. The molecule has 0 spiro atoms. The fraction of sp³-hybridized carbons (Fsp3) is 0.125. The molecule has 206 valence electrons. The minimum absolute atomic E-state index is 0.0193. The van der Waals surface area contributed by atoms with Gasteiger partial charge in [-0.3, -0.25) is 9.89 Å². The van der Waals surface area contributed by atoms with Crippen LogP contribution >= 0.6 is 11.6 Å². The Hall–Kier alpha value is -4.82. The number of amides is 1. The first-order chi connectivity index (χ1) is 19.9. The maximum absolute atomic E-state index is 13.8. The number of methoxy groups -OCH3 is 1. The predicted octanol–water partition coefficient (Wildman–Crippen LogP) is 6.91. The van der Waals surface area contributed by atoms with Gasteiger partial charge in [-0.15, -0.1) is 0 Å². The zero-order chi connectivity index (χ0) is 28.5. The van der Waals surface area contributed by atoms with Crippen molar-refractivity contribution in [2.45, 2.75) is 19.2 Å². The molecule has 0 saturated heterocycles. The van der Waals surface area contributed by atoms with Gasteiger partial charge in [0.1, 0.15) is 29.6 Å². The van der Waals surface area contributed by atoms with Crippen molar-refractivity contribution in [1.82, 2.24) is 15.1 Å². The van der Waals surface area contributed by atoms with Crippen molar-refractivity contribution in [3.8, 4) is 28.5 Å². The number of nitrogens with one attached hydrogen (secondary N) is 1. The average molecular weight is 570 g/mol. The average Bonchev–Trinajstić information content (AvgIpc) is 3.53. The molecule has 1 atom stereocenters. The molecule has 1 aliphatic rings. The number of hydrogen-bond acceptors (Lipinski definition) is 5. The number of carbonyl (C=O) groups excluding carboxylic acids is 1. The molecular weight excluding hydrogens is 545 g/mol. The highest BCUT2D eigenvalue weighted by molar-refractivity contribution is 6.31. The minimum atomic E-state index is -0.605. The number of aromatic hydroxyl groups is 1. The highest BCUT2D eigenvalue weighted by Gasteiger charge is 2.43. The number of hydrogen-bond donors (Lipinski definition) is 2. The molecule has 1 unspecified atom stereocenters. The number of H-pyrrole nitrogens is 1. The van der Waals surface area contributed by atoms with Crippen LogP contribution in [0.15, 0.2) is 91.0 Å². The van der Waals surface area contributed by atoms with E-state index >= 15 is 0 Å². The third-order valence-corrected chi connectivity index (χ3v) is 7.32. The number of rotatable bonds is 8. The van der Waals surface area contributed by atoms with Crippen LogP contribution < -0.4 is 9.47 Å². The Labute approximate surface area is 240 Å². The molecule has 0 aliphatic carbocycles. The summed E-state index contributed by atoms with van der Waals surface area (Å²) in [7, 11) is 1.56. The van der Waals surface area contributed by atoms with E-state index in [-0.39, 0.29) is 24.0 Å². The zero-order valence-corrected chi connectivity index (χ0v) is 22.7. The standard InChI is InChI=1S/C32H25ClFN3O4/c1-40-27-15-21(9-14-26(27)41-18-20-5-3-2-4-6-20)31-28-29(24-16-22(33)10-13-25(24)38)35-36-30(28)32(39)37(31)17-19-7-11-23(34)12-8-19/h2-16,31,38H,17-18H2,1H3,(H,35,36). The second kappa shape index (κ2) is 11.0. The van der Waals surface area contributed by atoms with Crippen LogP contribution in [0.1, 0.15) is 38.8 Å². The van der Waals surface area contributed by atoms with Crippen molar-refractivity contribution < 1.29 is 23.8 Å². The molecule has 0 radical (unpaired) electrons. The quantitative estimate of drug-likeness (QED) is 0.212. The van der Waals surface area contributed by atoms with Crippen LogP contribution in [0.4, 0.5) is 4.39 Å². The van der Waals surface area contributed by atoms with Gasteiger partial charge in [0, 0.05) is 22.7 Å². The van der Waals surface area contributed by atoms with Crippen molar-refractivity contribution in [2.75, 3.05) is 7.11 Å². The van der Waals surface area contributed by atoms with Crippen LogP contribution in [0.3, 0.4) is 0 Å². The molecule has 4 aromatic carbocycles. The van der Waals surface area contributed by atoms with E-state index in [1.54, 1.807) is 36.3 Å². The number of ether oxygens (including phenoxy) is 2. The molecular formula is C32H25ClFN3O4. The molecule has 0 bridgehead atoms. The Kier molecular flexibility index (Phi) is 7.07. The van der Waals surface area contributed by atoms with Crippen LogP contribution in [0.2, 0.25) is 5.02 Å². The van der Waals surface area contributed by atoms with Crippen molar-refractivity contribution in [3.05, 3.63) is 130 Å². The Bertz CT molecular complexity index is 1720. The highest BCUT2D eigenvalue weighted by atomic mass is 35.5. The lowest BCUT2D eigenvalue weighted by molar-refractivity contribution is 0.0730. The molecule has 2 N–H and O–H groups in total.